The molecule has 6 nitrogen and oxygen atoms in total. The molecule has 3 N–H and O–H groups in total. The molecule has 0 bridgehead atoms. The highest BCUT2D eigenvalue weighted by molar-refractivity contribution is 5.85. The van der Waals surface area contributed by atoms with Gasteiger partial charge in [-0.1, -0.05) is 60.2 Å². The van der Waals surface area contributed by atoms with E-state index in [1.807, 2.05) is 61.5 Å². The first-order chi connectivity index (χ1) is 15.5. The van der Waals surface area contributed by atoms with E-state index in [2.05, 4.69) is 22.4 Å². The Morgan fingerprint density at radius 1 is 1.00 bits per heavy atom. The van der Waals surface area contributed by atoms with Gasteiger partial charge in [0.05, 0.1) is 11.3 Å². The molecule has 0 aliphatic rings. The molecule has 170 valence electrons. The Hall–Kier alpha value is -3.48. The normalized spacial score (nSPS) is 11.5. The second-order valence-electron chi connectivity index (χ2n) is 7.96. The van der Waals surface area contributed by atoms with Crippen molar-refractivity contribution in [2.45, 2.75) is 19.4 Å². The van der Waals surface area contributed by atoms with Crippen molar-refractivity contribution in [1.82, 2.24) is 14.5 Å². The molecule has 2 aromatic carbocycles. The fourth-order valence-electron chi connectivity index (χ4n) is 3.75. The zero-order valence-electron chi connectivity index (χ0n) is 18.7. The number of hydrogen-bond acceptors (Lipinski definition) is 5. The molecular weight excluding hydrogens is 434 g/mol. The molecule has 4 rings (SSSR count). The van der Waals surface area contributed by atoms with Gasteiger partial charge in [-0.15, -0.1) is 12.4 Å². The van der Waals surface area contributed by atoms with Gasteiger partial charge < -0.3 is 11.1 Å². The van der Waals surface area contributed by atoms with Crippen LogP contribution in [0.2, 0.25) is 0 Å². The minimum Gasteiger partial charge on any atom is -0.354 e. The third-order valence-corrected chi connectivity index (χ3v) is 5.41. The number of nitrogens with zero attached hydrogens (tertiary/aromatic N) is 3. The number of halogens is 1. The first kappa shape index (κ1) is 24.2. The maximum Gasteiger partial charge on any atom is 0.263 e. The molecule has 2 aromatic heterocycles. The highest BCUT2D eigenvalue weighted by Gasteiger charge is 2.18. The third kappa shape index (κ3) is 5.66. The molecule has 2 heterocycles. The highest BCUT2D eigenvalue weighted by Crippen LogP contribution is 2.29. The SMILES string of the molecule is Cc1cccc(-c2c(-c3ccncc3)nc(NC[C@@H](N)Cc3ccccc3)n(C)c2=O)c1.Cl. The van der Waals surface area contributed by atoms with E-state index in [4.69, 9.17) is 10.7 Å². The third-order valence-electron chi connectivity index (χ3n) is 5.41. The number of nitrogens with one attached hydrogen (secondary N) is 1. The zero-order valence-corrected chi connectivity index (χ0v) is 19.5. The first-order valence-corrected chi connectivity index (χ1v) is 10.6. The van der Waals surface area contributed by atoms with E-state index in [-0.39, 0.29) is 24.0 Å². The standard InChI is InChI=1S/C26H27N5O.ClH/c1-18-7-6-10-21(15-18)23-24(20-11-13-28-14-12-20)30-26(31(2)25(23)32)29-17-22(27)16-19-8-4-3-5-9-19;/h3-15,22H,16-17,27H2,1-2H3,(H,29,30);1H/t22-;/m0./s1. The number of rotatable bonds is 7. The largest absolute Gasteiger partial charge is 0.354 e. The Bertz CT molecular complexity index is 1260. The van der Waals surface area contributed by atoms with Crippen molar-refractivity contribution in [1.29, 1.82) is 0 Å². The zero-order chi connectivity index (χ0) is 22.5. The van der Waals surface area contributed by atoms with Crippen molar-refractivity contribution < 1.29 is 0 Å². The van der Waals surface area contributed by atoms with Gasteiger partial charge in [0.1, 0.15) is 0 Å². The molecule has 1 atom stereocenters. The molecule has 33 heavy (non-hydrogen) atoms. The van der Waals surface area contributed by atoms with E-state index in [9.17, 15) is 4.79 Å². The fourth-order valence-corrected chi connectivity index (χ4v) is 3.75. The maximum absolute atomic E-state index is 13.5. The predicted octanol–water partition coefficient (Wildman–Crippen LogP) is 4.22. The maximum atomic E-state index is 13.5. The molecule has 4 aromatic rings. The van der Waals surface area contributed by atoms with Gasteiger partial charge in [0.2, 0.25) is 5.95 Å². The van der Waals surface area contributed by atoms with Crippen LogP contribution in [0.15, 0.2) is 83.9 Å². The van der Waals surface area contributed by atoms with E-state index < -0.39 is 0 Å². The van der Waals surface area contributed by atoms with Crippen LogP contribution >= 0.6 is 12.4 Å². The molecule has 7 heteroatoms. The summed E-state index contributed by atoms with van der Waals surface area (Å²) in [6.45, 7) is 2.51. The topological polar surface area (TPSA) is 85.8 Å². The van der Waals surface area contributed by atoms with Crippen LogP contribution in [0.4, 0.5) is 5.95 Å². The van der Waals surface area contributed by atoms with E-state index >= 15 is 0 Å². The number of anilines is 1. The van der Waals surface area contributed by atoms with Gasteiger partial charge in [-0.3, -0.25) is 14.3 Å². The van der Waals surface area contributed by atoms with Gasteiger partial charge >= 0.3 is 0 Å². The Morgan fingerprint density at radius 2 is 1.73 bits per heavy atom. The summed E-state index contributed by atoms with van der Waals surface area (Å²) in [5, 5.41) is 3.29. The lowest BCUT2D eigenvalue weighted by Gasteiger charge is -2.18. The van der Waals surface area contributed by atoms with Crippen LogP contribution in [0.1, 0.15) is 11.1 Å². The van der Waals surface area contributed by atoms with Crippen LogP contribution in [-0.2, 0) is 13.5 Å². The van der Waals surface area contributed by atoms with Gasteiger partial charge in [0.25, 0.3) is 5.56 Å². The molecule has 0 aliphatic carbocycles. The van der Waals surface area contributed by atoms with Crippen LogP contribution in [0.25, 0.3) is 22.4 Å². The van der Waals surface area contributed by atoms with Crippen LogP contribution < -0.4 is 16.6 Å². The minimum absolute atomic E-state index is 0. The lowest BCUT2D eigenvalue weighted by atomic mass is 9.99. The molecule has 0 amide bonds. The van der Waals surface area contributed by atoms with Crippen molar-refractivity contribution in [3.8, 4) is 22.4 Å². The quantitative estimate of drug-likeness (QED) is 0.430. The van der Waals surface area contributed by atoms with Crippen LogP contribution in [-0.4, -0.2) is 27.1 Å². The highest BCUT2D eigenvalue weighted by atomic mass is 35.5. The number of aromatic nitrogens is 3. The second-order valence-corrected chi connectivity index (χ2v) is 7.96. The van der Waals surface area contributed by atoms with Crippen molar-refractivity contribution in [3.05, 3.63) is 101 Å². The van der Waals surface area contributed by atoms with E-state index in [1.54, 1.807) is 24.0 Å². The molecule has 0 radical (unpaired) electrons. The van der Waals surface area contributed by atoms with Gasteiger partial charge in [0, 0.05) is 37.6 Å². The second kappa shape index (κ2) is 10.9. The predicted molar refractivity (Wildman–Crippen MR) is 137 cm³/mol. The molecule has 0 aliphatic heterocycles. The molecule has 0 fully saturated rings. The summed E-state index contributed by atoms with van der Waals surface area (Å²) in [5.74, 6) is 0.488. The summed E-state index contributed by atoms with van der Waals surface area (Å²) < 4.78 is 1.55. The average molecular weight is 462 g/mol. The Labute approximate surface area is 200 Å². The number of aryl methyl sites for hydroxylation is 1. The molecular formula is C26H28ClN5O. The summed E-state index contributed by atoms with van der Waals surface area (Å²) >= 11 is 0. The Kier molecular flexibility index (Phi) is 7.98. The number of nitrogens with two attached hydrogens (primary N) is 1. The Balaban J connectivity index is 0.00000306. The lowest BCUT2D eigenvalue weighted by molar-refractivity contribution is 0.688. The van der Waals surface area contributed by atoms with E-state index in [0.29, 0.717) is 23.8 Å². The molecule has 0 spiro atoms. The Morgan fingerprint density at radius 3 is 2.42 bits per heavy atom. The monoisotopic (exact) mass is 461 g/mol. The fraction of sp³-hybridized carbons (Fsp3) is 0.192. The van der Waals surface area contributed by atoms with Gasteiger partial charge in [0.15, 0.2) is 0 Å². The average Bonchev–Trinajstić information content (AvgIpc) is 2.81. The smallest absolute Gasteiger partial charge is 0.263 e. The van der Waals surface area contributed by atoms with Crippen molar-refractivity contribution in [3.63, 3.8) is 0 Å². The summed E-state index contributed by atoms with van der Waals surface area (Å²) in [6, 6.07) is 21.7. The lowest BCUT2D eigenvalue weighted by Crippen LogP contribution is -2.34. The van der Waals surface area contributed by atoms with E-state index in [1.165, 1.54) is 5.56 Å². The van der Waals surface area contributed by atoms with Crippen LogP contribution in [0.5, 0.6) is 0 Å². The number of hydrogen-bond donors (Lipinski definition) is 2. The van der Waals surface area contributed by atoms with Crippen molar-refractivity contribution >= 4 is 18.4 Å². The van der Waals surface area contributed by atoms with Gasteiger partial charge in [-0.05, 0) is 36.6 Å². The van der Waals surface area contributed by atoms with E-state index in [0.717, 1.165) is 23.1 Å². The van der Waals surface area contributed by atoms with Crippen LogP contribution in [0.3, 0.4) is 0 Å². The first-order valence-electron chi connectivity index (χ1n) is 10.6. The van der Waals surface area contributed by atoms with Crippen molar-refractivity contribution in [2.24, 2.45) is 12.8 Å². The summed E-state index contributed by atoms with van der Waals surface area (Å²) in [6.07, 6.45) is 4.15. The van der Waals surface area contributed by atoms with Gasteiger partial charge in [-0.25, -0.2) is 4.98 Å². The molecule has 0 unspecified atom stereocenters. The number of benzene rings is 2. The summed E-state index contributed by atoms with van der Waals surface area (Å²) in [4.78, 5) is 22.4. The summed E-state index contributed by atoms with van der Waals surface area (Å²) in [5.41, 5.74) is 11.4. The van der Waals surface area contributed by atoms with Gasteiger partial charge in [-0.2, -0.15) is 0 Å². The van der Waals surface area contributed by atoms with Crippen molar-refractivity contribution in [2.75, 3.05) is 11.9 Å². The number of pyridine rings is 1. The molecule has 0 saturated carbocycles. The molecule has 0 saturated heterocycles. The summed E-state index contributed by atoms with van der Waals surface area (Å²) in [7, 11) is 1.73. The van der Waals surface area contributed by atoms with Crippen LogP contribution in [0, 0.1) is 6.92 Å². The minimum atomic E-state index is -0.116.